The van der Waals surface area contributed by atoms with Crippen LogP contribution in [-0.2, 0) is 6.54 Å². The molecule has 0 aliphatic rings. The second-order valence-electron chi connectivity index (χ2n) is 3.27. The molecule has 1 rings (SSSR count). The van der Waals surface area contributed by atoms with Gasteiger partial charge >= 0.3 is 0 Å². The van der Waals surface area contributed by atoms with E-state index in [2.05, 4.69) is 17.2 Å². The Balaban J connectivity index is 2.69. The molecule has 0 atom stereocenters. The van der Waals surface area contributed by atoms with Crippen LogP contribution in [0.15, 0.2) is 18.2 Å². The average Bonchev–Trinajstić information content (AvgIpc) is 2.29. The Bertz CT molecular complexity index is 393. The molecule has 0 fully saturated rings. The predicted molar refractivity (Wildman–Crippen MR) is 67.8 cm³/mol. The molecule has 0 heterocycles. The lowest BCUT2D eigenvalue weighted by molar-refractivity contribution is 0.323. The average molecular weight is 238 g/mol. The molecule has 0 amide bonds. The molecule has 0 saturated carbocycles. The highest BCUT2D eigenvalue weighted by molar-refractivity contribution is 6.31. The van der Waals surface area contributed by atoms with Crippen molar-refractivity contribution in [2.45, 2.75) is 19.9 Å². The first-order valence-corrected chi connectivity index (χ1v) is 5.61. The summed E-state index contributed by atoms with van der Waals surface area (Å²) < 4.78 is 5.65. The van der Waals surface area contributed by atoms with Crippen molar-refractivity contribution in [3.05, 3.63) is 28.8 Å². The third-order valence-corrected chi connectivity index (χ3v) is 2.44. The molecule has 86 valence electrons. The topological polar surface area (TPSA) is 21.3 Å². The Morgan fingerprint density at radius 1 is 1.44 bits per heavy atom. The van der Waals surface area contributed by atoms with Gasteiger partial charge in [-0.1, -0.05) is 17.7 Å². The van der Waals surface area contributed by atoms with Crippen molar-refractivity contribution in [3.63, 3.8) is 0 Å². The minimum atomic E-state index is 0.595. The Hall–Kier alpha value is -1.17. The summed E-state index contributed by atoms with van der Waals surface area (Å²) in [6.45, 7) is 3.12. The van der Waals surface area contributed by atoms with Crippen LogP contribution in [0.1, 0.15) is 18.9 Å². The molecule has 0 radical (unpaired) electrons. The minimum absolute atomic E-state index is 0.595. The fourth-order valence-electron chi connectivity index (χ4n) is 1.36. The van der Waals surface area contributed by atoms with Gasteiger partial charge in [0.15, 0.2) is 0 Å². The summed E-state index contributed by atoms with van der Waals surface area (Å²) >= 11 is 6.10. The molecule has 1 aromatic rings. The van der Waals surface area contributed by atoms with Gasteiger partial charge in [-0.15, -0.1) is 11.8 Å². The summed E-state index contributed by atoms with van der Waals surface area (Å²) in [6.07, 6.45) is 0.738. The molecule has 0 saturated heterocycles. The second kappa shape index (κ2) is 7.16. The molecule has 0 aliphatic carbocycles. The van der Waals surface area contributed by atoms with Crippen molar-refractivity contribution >= 4 is 11.6 Å². The molecule has 16 heavy (non-hydrogen) atoms. The standard InChI is InChI=1S/C13H16ClNO/c1-3-4-5-9-16-13-8-6-7-12(14)11(13)10-15-2/h6-8,15H,5,9-10H2,1-2H3. The number of ether oxygens (including phenoxy) is 1. The smallest absolute Gasteiger partial charge is 0.125 e. The van der Waals surface area contributed by atoms with Crippen molar-refractivity contribution in [3.8, 4) is 17.6 Å². The molecule has 2 nitrogen and oxygen atoms in total. The maximum atomic E-state index is 6.10. The van der Waals surface area contributed by atoms with Gasteiger partial charge in [0, 0.05) is 23.6 Å². The van der Waals surface area contributed by atoms with E-state index >= 15 is 0 Å². The Kier molecular flexibility index (Phi) is 5.77. The van der Waals surface area contributed by atoms with E-state index in [1.807, 2.05) is 32.2 Å². The van der Waals surface area contributed by atoms with Crippen molar-refractivity contribution in [1.82, 2.24) is 5.32 Å². The first kappa shape index (κ1) is 12.9. The Morgan fingerprint density at radius 3 is 2.94 bits per heavy atom. The van der Waals surface area contributed by atoms with Crippen LogP contribution in [0.25, 0.3) is 0 Å². The van der Waals surface area contributed by atoms with E-state index in [9.17, 15) is 0 Å². The predicted octanol–water partition coefficient (Wildman–Crippen LogP) is 2.85. The summed E-state index contributed by atoms with van der Waals surface area (Å²) in [4.78, 5) is 0. The van der Waals surface area contributed by atoms with E-state index < -0.39 is 0 Å². The summed E-state index contributed by atoms with van der Waals surface area (Å²) in [7, 11) is 1.88. The van der Waals surface area contributed by atoms with E-state index in [1.54, 1.807) is 0 Å². The Morgan fingerprint density at radius 2 is 2.25 bits per heavy atom. The maximum absolute atomic E-state index is 6.10. The molecular formula is C13H16ClNO. The van der Waals surface area contributed by atoms with Crippen molar-refractivity contribution in [2.75, 3.05) is 13.7 Å². The van der Waals surface area contributed by atoms with E-state index in [0.717, 1.165) is 22.8 Å². The van der Waals surface area contributed by atoms with E-state index in [-0.39, 0.29) is 0 Å². The zero-order valence-corrected chi connectivity index (χ0v) is 10.4. The van der Waals surface area contributed by atoms with Gasteiger partial charge in [0.2, 0.25) is 0 Å². The van der Waals surface area contributed by atoms with Crippen molar-refractivity contribution in [1.29, 1.82) is 0 Å². The lowest BCUT2D eigenvalue weighted by Crippen LogP contribution is -2.08. The van der Waals surface area contributed by atoms with E-state index in [0.29, 0.717) is 13.2 Å². The molecule has 0 aromatic heterocycles. The summed E-state index contributed by atoms with van der Waals surface area (Å²) in [5.74, 6) is 6.63. The Labute approximate surface area is 102 Å². The van der Waals surface area contributed by atoms with Gasteiger partial charge in [-0.25, -0.2) is 0 Å². The summed E-state index contributed by atoms with van der Waals surface area (Å²) in [6, 6.07) is 5.69. The van der Waals surface area contributed by atoms with Gasteiger partial charge < -0.3 is 10.1 Å². The molecule has 0 spiro atoms. The van der Waals surface area contributed by atoms with Crippen molar-refractivity contribution in [2.24, 2.45) is 0 Å². The lowest BCUT2D eigenvalue weighted by atomic mass is 10.2. The number of halogens is 1. The van der Waals surface area contributed by atoms with Crippen LogP contribution in [0.3, 0.4) is 0 Å². The summed E-state index contributed by atoms with van der Waals surface area (Å²) in [5, 5.41) is 3.80. The molecule has 0 aliphatic heterocycles. The number of hydrogen-bond donors (Lipinski definition) is 1. The zero-order chi connectivity index (χ0) is 11.8. The van der Waals surface area contributed by atoms with E-state index in [4.69, 9.17) is 16.3 Å². The van der Waals surface area contributed by atoms with Crippen LogP contribution in [0.5, 0.6) is 5.75 Å². The SMILES string of the molecule is CC#CCCOc1cccc(Cl)c1CNC. The highest BCUT2D eigenvalue weighted by Crippen LogP contribution is 2.26. The monoisotopic (exact) mass is 237 g/mol. The fraction of sp³-hybridized carbons (Fsp3) is 0.385. The maximum Gasteiger partial charge on any atom is 0.125 e. The van der Waals surface area contributed by atoms with Crippen LogP contribution in [0.2, 0.25) is 5.02 Å². The third kappa shape index (κ3) is 3.77. The molecule has 0 unspecified atom stereocenters. The zero-order valence-electron chi connectivity index (χ0n) is 9.64. The molecular weight excluding hydrogens is 222 g/mol. The second-order valence-corrected chi connectivity index (χ2v) is 3.68. The number of rotatable bonds is 5. The van der Waals surface area contributed by atoms with Crippen molar-refractivity contribution < 1.29 is 4.74 Å². The lowest BCUT2D eigenvalue weighted by Gasteiger charge is -2.11. The summed E-state index contributed by atoms with van der Waals surface area (Å²) in [5.41, 5.74) is 0.996. The quantitative estimate of drug-likeness (QED) is 0.628. The number of nitrogens with one attached hydrogen (secondary N) is 1. The van der Waals surface area contributed by atoms with Crippen LogP contribution < -0.4 is 10.1 Å². The normalized spacial score (nSPS) is 9.44. The third-order valence-electron chi connectivity index (χ3n) is 2.09. The highest BCUT2D eigenvalue weighted by Gasteiger charge is 2.06. The van der Waals surface area contributed by atoms with Crippen LogP contribution in [0, 0.1) is 11.8 Å². The first-order chi connectivity index (χ1) is 7.79. The molecule has 3 heteroatoms. The number of benzene rings is 1. The van der Waals surface area contributed by atoms with Gasteiger partial charge in [0.1, 0.15) is 5.75 Å². The van der Waals surface area contributed by atoms with Gasteiger partial charge in [0.05, 0.1) is 6.61 Å². The molecule has 1 aromatic carbocycles. The minimum Gasteiger partial charge on any atom is -0.492 e. The van der Waals surface area contributed by atoms with Crippen LogP contribution in [0.4, 0.5) is 0 Å². The van der Waals surface area contributed by atoms with Crippen LogP contribution in [-0.4, -0.2) is 13.7 Å². The first-order valence-electron chi connectivity index (χ1n) is 5.24. The highest BCUT2D eigenvalue weighted by atomic mass is 35.5. The molecule has 1 N–H and O–H groups in total. The largest absolute Gasteiger partial charge is 0.492 e. The van der Waals surface area contributed by atoms with Gasteiger partial charge in [-0.3, -0.25) is 0 Å². The fourth-order valence-corrected chi connectivity index (χ4v) is 1.59. The van der Waals surface area contributed by atoms with Gasteiger partial charge in [-0.05, 0) is 26.1 Å². The molecule has 0 bridgehead atoms. The number of hydrogen-bond acceptors (Lipinski definition) is 2. The van der Waals surface area contributed by atoms with Gasteiger partial charge in [-0.2, -0.15) is 0 Å². The van der Waals surface area contributed by atoms with Gasteiger partial charge in [0.25, 0.3) is 0 Å². The van der Waals surface area contributed by atoms with Crippen LogP contribution >= 0.6 is 11.6 Å². The van der Waals surface area contributed by atoms with E-state index in [1.165, 1.54) is 0 Å².